The molecule has 0 aliphatic carbocycles. The molecule has 0 saturated carbocycles. The van der Waals surface area contributed by atoms with Crippen molar-refractivity contribution in [1.29, 1.82) is 0 Å². The number of nitrogens with zero attached hydrogens (tertiary/aromatic N) is 3. The number of likely N-dealkylation sites (tertiary alicyclic amines) is 1. The van der Waals surface area contributed by atoms with Crippen molar-refractivity contribution in [1.82, 2.24) is 15.0 Å². The zero-order valence-electron chi connectivity index (χ0n) is 15.3. The smallest absolute Gasteiger partial charge is 0.241 e. The van der Waals surface area contributed by atoms with E-state index in [1.54, 1.807) is 0 Å². The quantitative estimate of drug-likeness (QED) is 0.636. The number of piperidine rings is 1. The summed E-state index contributed by atoms with van der Waals surface area (Å²) in [6, 6.07) is 15.7. The summed E-state index contributed by atoms with van der Waals surface area (Å²) in [5.41, 5.74) is 2.08. The van der Waals surface area contributed by atoms with Crippen LogP contribution in [0.1, 0.15) is 24.3 Å². The molecule has 2 aromatic carbocycles. The summed E-state index contributed by atoms with van der Waals surface area (Å²) in [6.45, 7) is 4.64. The lowest BCUT2D eigenvalue weighted by Gasteiger charge is -2.31. The highest BCUT2D eigenvalue weighted by molar-refractivity contribution is 6.30. The minimum Gasteiger partial charge on any atom is -0.490 e. The molecule has 0 radical (unpaired) electrons. The van der Waals surface area contributed by atoms with E-state index in [1.165, 1.54) is 5.56 Å². The van der Waals surface area contributed by atoms with Gasteiger partial charge in [0, 0.05) is 23.7 Å². The predicted octanol–water partition coefficient (Wildman–Crippen LogP) is 4.74. The average Bonchev–Trinajstić information content (AvgIpc) is 3.12. The van der Waals surface area contributed by atoms with E-state index in [0.29, 0.717) is 23.3 Å². The Kier molecular flexibility index (Phi) is 5.41. The van der Waals surface area contributed by atoms with Gasteiger partial charge in [0.25, 0.3) is 0 Å². The van der Waals surface area contributed by atoms with Gasteiger partial charge in [0.1, 0.15) is 11.9 Å². The van der Waals surface area contributed by atoms with Crippen LogP contribution in [0.25, 0.3) is 11.4 Å². The Bertz CT molecular complexity index is 904. The molecule has 1 aromatic heterocycles. The van der Waals surface area contributed by atoms with Crippen LogP contribution in [0.3, 0.4) is 0 Å². The summed E-state index contributed by atoms with van der Waals surface area (Å²) >= 11 is 6.03. The van der Waals surface area contributed by atoms with Crippen LogP contribution < -0.4 is 4.74 Å². The minimum atomic E-state index is 0.257. The Balaban J connectivity index is 1.31. The summed E-state index contributed by atoms with van der Waals surface area (Å²) < 4.78 is 11.5. The maximum atomic E-state index is 6.12. The average molecular weight is 384 g/mol. The Labute approximate surface area is 163 Å². The second-order valence-electron chi connectivity index (χ2n) is 6.93. The molecule has 0 unspecified atom stereocenters. The zero-order chi connectivity index (χ0) is 18.6. The molecule has 6 heteroatoms. The van der Waals surface area contributed by atoms with Crippen molar-refractivity contribution >= 4 is 11.6 Å². The van der Waals surface area contributed by atoms with Crippen molar-refractivity contribution in [2.45, 2.75) is 32.4 Å². The number of aromatic nitrogens is 2. The van der Waals surface area contributed by atoms with Gasteiger partial charge in [-0.1, -0.05) is 41.0 Å². The van der Waals surface area contributed by atoms with Crippen LogP contribution in [-0.2, 0) is 6.54 Å². The van der Waals surface area contributed by atoms with Gasteiger partial charge >= 0.3 is 0 Å². The lowest BCUT2D eigenvalue weighted by Crippen LogP contribution is -2.37. The normalized spacial score (nSPS) is 15.8. The van der Waals surface area contributed by atoms with E-state index < -0.39 is 0 Å². The molecule has 27 heavy (non-hydrogen) atoms. The number of halogens is 1. The van der Waals surface area contributed by atoms with E-state index in [1.807, 2.05) is 36.4 Å². The highest BCUT2D eigenvalue weighted by atomic mass is 35.5. The lowest BCUT2D eigenvalue weighted by atomic mass is 10.1. The van der Waals surface area contributed by atoms with Gasteiger partial charge in [-0.3, -0.25) is 4.90 Å². The third-order valence-corrected chi connectivity index (χ3v) is 4.97. The SMILES string of the molecule is Cc1cccc(OC2CCN(Cc3nc(-c4cccc(Cl)c4)no3)CC2)c1. The second-order valence-corrected chi connectivity index (χ2v) is 7.37. The maximum absolute atomic E-state index is 6.12. The fourth-order valence-electron chi connectivity index (χ4n) is 3.32. The number of aryl methyl sites for hydroxylation is 1. The van der Waals surface area contributed by atoms with Crippen molar-refractivity contribution < 1.29 is 9.26 Å². The molecular formula is C21H22ClN3O2. The summed E-state index contributed by atoms with van der Waals surface area (Å²) in [6.07, 6.45) is 2.24. The van der Waals surface area contributed by atoms with Gasteiger partial charge in [-0.25, -0.2) is 0 Å². The number of benzene rings is 2. The molecule has 1 fully saturated rings. The molecule has 4 rings (SSSR count). The minimum absolute atomic E-state index is 0.257. The van der Waals surface area contributed by atoms with Gasteiger partial charge in [-0.2, -0.15) is 4.98 Å². The van der Waals surface area contributed by atoms with Crippen LogP contribution in [0.15, 0.2) is 53.1 Å². The molecule has 0 bridgehead atoms. The molecule has 5 nitrogen and oxygen atoms in total. The van der Waals surface area contributed by atoms with E-state index in [-0.39, 0.29) is 6.10 Å². The zero-order valence-corrected chi connectivity index (χ0v) is 16.0. The third kappa shape index (κ3) is 4.67. The van der Waals surface area contributed by atoms with Gasteiger partial charge in [-0.15, -0.1) is 0 Å². The highest BCUT2D eigenvalue weighted by Gasteiger charge is 2.22. The van der Waals surface area contributed by atoms with E-state index in [9.17, 15) is 0 Å². The summed E-state index contributed by atoms with van der Waals surface area (Å²) in [7, 11) is 0. The van der Waals surface area contributed by atoms with Crippen molar-refractivity contribution in [3.8, 4) is 17.1 Å². The first-order chi connectivity index (χ1) is 13.2. The Morgan fingerprint density at radius 1 is 1.15 bits per heavy atom. The van der Waals surface area contributed by atoms with E-state index in [0.717, 1.165) is 37.2 Å². The second kappa shape index (κ2) is 8.11. The largest absolute Gasteiger partial charge is 0.490 e. The molecule has 1 saturated heterocycles. The molecule has 1 aliphatic rings. The van der Waals surface area contributed by atoms with Gasteiger partial charge in [-0.05, 0) is 49.6 Å². The molecule has 2 heterocycles. The monoisotopic (exact) mass is 383 g/mol. The summed E-state index contributed by atoms with van der Waals surface area (Å²) in [4.78, 5) is 6.83. The summed E-state index contributed by atoms with van der Waals surface area (Å²) in [5, 5.41) is 4.74. The Morgan fingerprint density at radius 2 is 1.96 bits per heavy atom. The topological polar surface area (TPSA) is 51.4 Å². The molecule has 1 aliphatic heterocycles. The highest BCUT2D eigenvalue weighted by Crippen LogP contribution is 2.23. The van der Waals surface area contributed by atoms with Gasteiger partial charge in [0.2, 0.25) is 11.7 Å². The van der Waals surface area contributed by atoms with Gasteiger partial charge in [0.15, 0.2) is 0 Å². The van der Waals surface area contributed by atoms with Crippen molar-refractivity contribution in [2.24, 2.45) is 0 Å². The molecule has 140 valence electrons. The molecular weight excluding hydrogens is 362 g/mol. The van der Waals surface area contributed by atoms with Crippen LogP contribution >= 0.6 is 11.6 Å². The number of hydrogen-bond acceptors (Lipinski definition) is 5. The van der Waals surface area contributed by atoms with E-state index >= 15 is 0 Å². The van der Waals surface area contributed by atoms with Crippen LogP contribution in [-0.4, -0.2) is 34.2 Å². The molecule has 0 N–H and O–H groups in total. The number of hydrogen-bond donors (Lipinski definition) is 0. The third-order valence-electron chi connectivity index (χ3n) is 4.74. The fourth-order valence-corrected chi connectivity index (χ4v) is 3.51. The van der Waals surface area contributed by atoms with Crippen LogP contribution in [0.2, 0.25) is 5.02 Å². The fraction of sp³-hybridized carbons (Fsp3) is 0.333. The lowest BCUT2D eigenvalue weighted by molar-refractivity contribution is 0.0904. The standard InChI is InChI=1S/C21H22ClN3O2/c1-15-4-2-7-19(12-15)26-18-8-10-25(11-9-18)14-20-23-21(24-27-20)16-5-3-6-17(22)13-16/h2-7,12-13,18H,8-11,14H2,1H3. The van der Waals surface area contributed by atoms with Crippen molar-refractivity contribution in [3.05, 3.63) is 65.0 Å². The van der Waals surface area contributed by atoms with Crippen LogP contribution in [0.5, 0.6) is 5.75 Å². The van der Waals surface area contributed by atoms with E-state index in [2.05, 4.69) is 34.1 Å². The predicted molar refractivity (Wildman–Crippen MR) is 105 cm³/mol. The van der Waals surface area contributed by atoms with E-state index in [4.69, 9.17) is 20.9 Å². The van der Waals surface area contributed by atoms with Crippen LogP contribution in [0.4, 0.5) is 0 Å². The number of ether oxygens (including phenoxy) is 1. The summed E-state index contributed by atoms with van der Waals surface area (Å²) in [5.74, 6) is 2.16. The Morgan fingerprint density at radius 3 is 2.74 bits per heavy atom. The van der Waals surface area contributed by atoms with Gasteiger partial charge < -0.3 is 9.26 Å². The van der Waals surface area contributed by atoms with Crippen molar-refractivity contribution in [3.63, 3.8) is 0 Å². The molecule has 0 atom stereocenters. The molecule has 0 amide bonds. The molecule has 3 aromatic rings. The number of rotatable bonds is 5. The Hall–Kier alpha value is -2.37. The first-order valence-electron chi connectivity index (χ1n) is 9.20. The first kappa shape index (κ1) is 18.0. The maximum Gasteiger partial charge on any atom is 0.241 e. The molecule has 0 spiro atoms. The van der Waals surface area contributed by atoms with Crippen molar-refractivity contribution in [2.75, 3.05) is 13.1 Å². The first-order valence-corrected chi connectivity index (χ1v) is 9.58. The van der Waals surface area contributed by atoms with Crippen LogP contribution in [0, 0.1) is 6.92 Å². The van der Waals surface area contributed by atoms with Gasteiger partial charge in [0.05, 0.1) is 6.54 Å².